The van der Waals surface area contributed by atoms with Crippen LogP contribution in [0, 0.1) is 11.8 Å². The number of hydrogen-bond donors (Lipinski definition) is 0. The molecule has 1 aromatic heterocycles. The van der Waals surface area contributed by atoms with Crippen LogP contribution in [0.3, 0.4) is 0 Å². The first kappa shape index (κ1) is 27.5. The largest absolute Gasteiger partial charge is 0.442 e. The van der Waals surface area contributed by atoms with Crippen molar-refractivity contribution < 1.29 is 4.65 Å². The molecule has 0 spiro atoms. The standard InChI is InChI=1S/C34H39BN2O/c1-6-27(31-20-18-28-17-19-30(22-31)26(28)4)16-15-25(3)33-23-32(24(2)12-10-11-21-35-38-5)36-34(37-33)29-13-8-7-9-14-29/h6-9,12-17,19-20,22-23,26,28,35H,3,10-11,18,21H2,1-2,4-5H3/b16-15?,24-12+,27-6?/t26-,28?/m1/s1. The van der Waals surface area contributed by atoms with Crippen molar-refractivity contribution in [2.45, 2.75) is 46.4 Å². The molecule has 0 amide bonds. The molecule has 0 radical (unpaired) electrons. The molecule has 2 bridgehead atoms. The van der Waals surface area contributed by atoms with Crippen LogP contribution in [-0.2, 0) is 4.65 Å². The lowest BCUT2D eigenvalue weighted by Gasteiger charge is -2.11. The zero-order valence-corrected chi connectivity index (χ0v) is 23.3. The number of benzene rings is 1. The van der Waals surface area contributed by atoms with Crippen LogP contribution in [-0.4, -0.2) is 24.6 Å². The van der Waals surface area contributed by atoms with E-state index in [1.807, 2.05) is 18.2 Å². The van der Waals surface area contributed by atoms with Gasteiger partial charge < -0.3 is 4.65 Å². The van der Waals surface area contributed by atoms with Crippen molar-refractivity contribution >= 4 is 18.6 Å². The van der Waals surface area contributed by atoms with Gasteiger partial charge >= 0.3 is 0 Å². The second-order valence-corrected chi connectivity index (χ2v) is 10.2. The maximum Gasteiger partial charge on any atom is 0.274 e. The van der Waals surface area contributed by atoms with Gasteiger partial charge in [0, 0.05) is 12.7 Å². The van der Waals surface area contributed by atoms with E-state index in [0.717, 1.165) is 67.0 Å². The fraction of sp³-hybridized carbons (Fsp3) is 0.294. The topological polar surface area (TPSA) is 35.0 Å². The Morgan fingerprint density at radius 2 is 1.95 bits per heavy atom. The minimum Gasteiger partial charge on any atom is -0.442 e. The first-order valence-electron chi connectivity index (χ1n) is 13.7. The number of rotatable bonds is 11. The molecule has 1 unspecified atom stereocenters. The normalized spacial score (nSPS) is 19.4. The minimum atomic E-state index is 0.591. The molecule has 1 heterocycles. The molecular formula is C34H39BN2O. The number of allylic oxidation sites excluding steroid dienone is 13. The molecule has 4 heteroatoms. The van der Waals surface area contributed by atoms with Crippen LogP contribution in [0.25, 0.3) is 22.5 Å². The zero-order chi connectivity index (χ0) is 26.9. The quantitative estimate of drug-likeness (QED) is 0.176. The number of unbranched alkanes of at least 4 members (excludes halogenated alkanes) is 1. The smallest absolute Gasteiger partial charge is 0.274 e. The minimum absolute atomic E-state index is 0.591. The maximum absolute atomic E-state index is 5.18. The highest BCUT2D eigenvalue weighted by atomic mass is 16.4. The molecule has 0 aliphatic heterocycles. The van der Waals surface area contributed by atoms with E-state index < -0.39 is 0 Å². The Labute approximate surface area is 229 Å². The molecule has 2 aliphatic carbocycles. The Balaban J connectivity index is 1.59. The molecule has 2 aliphatic rings. The second kappa shape index (κ2) is 13.3. The van der Waals surface area contributed by atoms with Crippen molar-refractivity contribution in [1.29, 1.82) is 0 Å². The van der Waals surface area contributed by atoms with Crippen molar-refractivity contribution in [2.75, 3.05) is 7.11 Å². The van der Waals surface area contributed by atoms with Crippen LogP contribution >= 0.6 is 0 Å². The van der Waals surface area contributed by atoms with Gasteiger partial charge in [-0.3, -0.25) is 0 Å². The predicted molar refractivity (Wildman–Crippen MR) is 164 cm³/mol. The van der Waals surface area contributed by atoms with Crippen molar-refractivity contribution in [3.05, 3.63) is 120 Å². The fourth-order valence-corrected chi connectivity index (χ4v) is 4.94. The molecule has 38 heavy (non-hydrogen) atoms. The lowest BCUT2D eigenvalue weighted by atomic mass is 9.91. The number of aromatic nitrogens is 2. The molecule has 0 saturated carbocycles. The van der Waals surface area contributed by atoms with Gasteiger partial charge in [-0.2, -0.15) is 0 Å². The van der Waals surface area contributed by atoms with E-state index in [4.69, 9.17) is 14.6 Å². The van der Waals surface area contributed by atoms with Gasteiger partial charge in [0.1, 0.15) is 0 Å². The molecular weight excluding hydrogens is 463 g/mol. The van der Waals surface area contributed by atoms with E-state index in [9.17, 15) is 0 Å². The summed E-state index contributed by atoms with van der Waals surface area (Å²) < 4.78 is 5.18. The molecule has 2 aromatic rings. The molecule has 1 aromatic carbocycles. The molecule has 4 rings (SSSR count). The molecule has 3 nitrogen and oxygen atoms in total. The third-order valence-electron chi connectivity index (χ3n) is 7.49. The predicted octanol–water partition coefficient (Wildman–Crippen LogP) is 8.34. The van der Waals surface area contributed by atoms with Crippen molar-refractivity contribution in [1.82, 2.24) is 9.97 Å². The third kappa shape index (κ3) is 6.87. The first-order valence-corrected chi connectivity index (χ1v) is 13.7. The summed E-state index contributed by atoms with van der Waals surface area (Å²) in [5, 5.41) is 0. The molecule has 0 saturated heterocycles. The lowest BCUT2D eigenvalue weighted by Crippen LogP contribution is -2.02. The molecule has 194 valence electrons. The highest BCUT2D eigenvalue weighted by Gasteiger charge is 2.24. The van der Waals surface area contributed by atoms with Crippen LogP contribution in [0.5, 0.6) is 0 Å². The summed E-state index contributed by atoms with van der Waals surface area (Å²) in [4.78, 5) is 9.84. The van der Waals surface area contributed by atoms with Gasteiger partial charge in [0.2, 0.25) is 0 Å². The van der Waals surface area contributed by atoms with Crippen LogP contribution in [0.4, 0.5) is 0 Å². The van der Waals surface area contributed by atoms with E-state index in [1.165, 1.54) is 16.7 Å². The fourth-order valence-electron chi connectivity index (χ4n) is 4.94. The van der Waals surface area contributed by atoms with Crippen LogP contribution in [0.15, 0.2) is 108 Å². The number of hydrogen-bond acceptors (Lipinski definition) is 3. The lowest BCUT2D eigenvalue weighted by molar-refractivity contribution is 0.439. The Morgan fingerprint density at radius 1 is 1.16 bits per heavy atom. The summed E-state index contributed by atoms with van der Waals surface area (Å²) in [5.41, 5.74) is 8.72. The van der Waals surface area contributed by atoms with Gasteiger partial charge in [0.15, 0.2) is 5.82 Å². The van der Waals surface area contributed by atoms with Gasteiger partial charge in [-0.25, -0.2) is 9.97 Å². The Bertz CT molecular complexity index is 1330. The zero-order valence-electron chi connectivity index (χ0n) is 23.3. The van der Waals surface area contributed by atoms with Gasteiger partial charge in [0.25, 0.3) is 7.48 Å². The summed E-state index contributed by atoms with van der Waals surface area (Å²) in [7, 11) is 2.55. The van der Waals surface area contributed by atoms with Crippen LogP contribution in [0.1, 0.15) is 51.4 Å². The van der Waals surface area contributed by atoms with Gasteiger partial charge in [-0.15, -0.1) is 0 Å². The summed E-state index contributed by atoms with van der Waals surface area (Å²) in [6.45, 7) is 10.9. The summed E-state index contributed by atoms with van der Waals surface area (Å²) >= 11 is 0. The van der Waals surface area contributed by atoms with E-state index in [0.29, 0.717) is 11.8 Å². The number of nitrogens with zero attached hydrogens (tertiary/aromatic N) is 2. The highest BCUT2D eigenvalue weighted by molar-refractivity contribution is 6.26. The Morgan fingerprint density at radius 3 is 2.71 bits per heavy atom. The van der Waals surface area contributed by atoms with E-state index in [2.05, 4.69) is 94.2 Å². The third-order valence-corrected chi connectivity index (χ3v) is 7.49. The van der Waals surface area contributed by atoms with Crippen molar-refractivity contribution in [3.63, 3.8) is 0 Å². The molecule has 0 N–H and O–H groups in total. The van der Waals surface area contributed by atoms with Gasteiger partial charge in [-0.1, -0.05) is 105 Å². The van der Waals surface area contributed by atoms with Gasteiger partial charge in [0.05, 0.1) is 11.4 Å². The summed E-state index contributed by atoms with van der Waals surface area (Å²) in [6, 6.07) is 12.2. The molecule has 2 atom stereocenters. The molecule has 0 fully saturated rings. The van der Waals surface area contributed by atoms with Crippen molar-refractivity contribution in [2.24, 2.45) is 11.8 Å². The number of fused-ring (bicyclic) bond motifs is 2. The Kier molecular flexibility index (Phi) is 9.67. The highest BCUT2D eigenvalue weighted by Crippen LogP contribution is 2.37. The SMILES string of the molecule is C=C(C=CC(=CC)C1=CCC2C=CC(=C1)[C@@H]2C)c1cc(/C(C)=C/CCCBOC)nc(-c2ccccc2)n1. The average Bonchev–Trinajstić information content (AvgIpc) is 3.20. The first-order chi connectivity index (χ1) is 18.5. The summed E-state index contributed by atoms with van der Waals surface area (Å²) in [5.74, 6) is 1.93. The summed E-state index contributed by atoms with van der Waals surface area (Å²) in [6.07, 6.45) is 22.3. The maximum atomic E-state index is 5.18. The van der Waals surface area contributed by atoms with Gasteiger partial charge in [-0.05, 0) is 72.5 Å². The van der Waals surface area contributed by atoms with Crippen LogP contribution in [0.2, 0.25) is 6.32 Å². The van der Waals surface area contributed by atoms with E-state index >= 15 is 0 Å². The monoisotopic (exact) mass is 502 g/mol. The van der Waals surface area contributed by atoms with E-state index in [1.54, 1.807) is 7.11 Å². The average molecular weight is 503 g/mol. The van der Waals surface area contributed by atoms with E-state index in [-0.39, 0.29) is 0 Å². The Hall–Kier alpha value is -3.50. The second-order valence-electron chi connectivity index (χ2n) is 10.2. The van der Waals surface area contributed by atoms with Crippen molar-refractivity contribution in [3.8, 4) is 11.4 Å². The van der Waals surface area contributed by atoms with Crippen LogP contribution < -0.4 is 0 Å².